The van der Waals surface area contributed by atoms with Gasteiger partial charge in [0.2, 0.25) is 11.8 Å². The number of piperidine rings is 1. The molecule has 1 unspecified atom stereocenters. The van der Waals surface area contributed by atoms with Crippen molar-refractivity contribution in [3.05, 3.63) is 17.7 Å². The maximum Gasteiger partial charge on any atom is 0.227 e. The first-order valence-electron chi connectivity index (χ1n) is 9.36. The Kier molecular flexibility index (Phi) is 6.26. The number of imidazole rings is 1. The number of rotatable bonds is 6. The maximum absolute atomic E-state index is 12.8. The van der Waals surface area contributed by atoms with Gasteiger partial charge in [-0.25, -0.2) is 4.98 Å². The quantitative estimate of drug-likeness (QED) is 0.783. The summed E-state index contributed by atoms with van der Waals surface area (Å²) in [5, 5.41) is 0. The number of hydrogen-bond acceptors (Lipinski definition) is 5. The first-order chi connectivity index (χ1) is 12.5. The largest absolute Gasteiger partial charge is 0.379 e. The molecule has 0 radical (unpaired) electrons. The Labute approximate surface area is 154 Å². The number of amides is 2. The molecule has 1 aromatic rings. The minimum absolute atomic E-state index is 0.0860. The molecule has 8 nitrogen and oxygen atoms in total. The zero-order chi connectivity index (χ0) is 18.5. The summed E-state index contributed by atoms with van der Waals surface area (Å²) in [6, 6.07) is 0. The van der Waals surface area contributed by atoms with Gasteiger partial charge in [0.25, 0.3) is 0 Å². The highest BCUT2D eigenvalue weighted by molar-refractivity contribution is 5.83. The van der Waals surface area contributed by atoms with Crippen LogP contribution in [-0.2, 0) is 20.9 Å². The number of aromatic amines is 1. The standard InChI is InChI=1S/C18H29N5O3/c1-14-11-19-16(20-14)13-21(2)18(25)15-3-4-17(24)23(12-15)6-5-22-7-9-26-10-8-22/h11,15H,3-10,12-13H2,1-2H3,(H,19,20). The average Bonchev–Trinajstić information content (AvgIpc) is 3.06. The van der Waals surface area contributed by atoms with E-state index in [9.17, 15) is 9.59 Å². The van der Waals surface area contributed by atoms with Gasteiger partial charge in [-0.15, -0.1) is 0 Å². The van der Waals surface area contributed by atoms with Gasteiger partial charge in [-0.2, -0.15) is 0 Å². The molecule has 1 atom stereocenters. The molecule has 3 rings (SSSR count). The summed E-state index contributed by atoms with van der Waals surface area (Å²) in [5.41, 5.74) is 0.985. The van der Waals surface area contributed by atoms with E-state index in [1.165, 1.54) is 0 Å². The lowest BCUT2D eigenvalue weighted by Gasteiger charge is -2.35. The van der Waals surface area contributed by atoms with Crippen molar-refractivity contribution in [1.29, 1.82) is 0 Å². The molecule has 3 heterocycles. The number of H-pyrrole nitrogens is 1. The van der Waals surface area contributed by atoms with Gasteiger partial charge < -0.3 is 19.5 Å². The predicted molar refractivity (Wildman–Crippen MR) is 96.4 cm³/mol. The Morgan fingerprint density at radius 3 is 2.85 bits per heavy atom. The lowest BCUT2D eigenvalue weighted by atomic mass is 9.96. The van der Waals surface area contributed by atoms with Crippen molar-refractivity contribution < 1.29 is 14.3 Å². The molecule has 2 aliphatic rings. The van der Waals surface area contributed by atoms with Gasteiger partial charge in [-0.3, -0.25) is 14.5 Å². The fraction of sp³-hybridized carbons (Fsp3) is 0.722. The van der Waals surface area contributed by atoms with Crippen molar-refractivity contribution in [1.82, 2.24) is 24.7 Å². The van der Waals surface area contributed by atoms with Gasteiger partial charge in [0.05, 0.1) is 25.7 Å². The second-order valence-corrected chi connectivity index (χ2v) is 7.24. The van der Waals surface area contributed by atoms with Crippen LogP contribution in [0.2, 0.25) is 0 Å². The lowest BCUT2D eigenvalue weighted by molar-refractivity contribution is -0.142. The molecule has 2 fully saturated rings. The van der Waals surface area contributed by atoms with E-state index in [1.54, 1.807) is 18.1 Å². The number of carbonyl (C=O) groups excluding carboxylic acids is 2. The second kappa shape index (κ2) is 8.64. The molecular weight excluding hydrogens is 334 g/mol. The third kappa shape index (κ3) is 4.82. The van der Waals surface area contributed by atoms with Gasteiger partial charge in [-0.1, -0.05) is 0 Å². The normalized spacial score (nSPS) is 21.8. The van der Waals surface area contributed by atoms with Crippen molar-refractivity contribution in [2.75, 3.05) is 53.0 Å². The van der Waals surface area contributed by atoms with Crippen molar-refractivity contribution >= 4 is 11.8 Å². The first kappa shape index (κ1) is 18.8. The van der Waals surface area contributed by atoms with Gasteiger partial charge in [-0.05, 0) is 13.3 Å². The molecule has 2 amide bonds. The number of ether oxygens (including phenoxy) is 1. The number of carbonyl (C=O) groups is 2. The van der Waals surface area contributed by atoms with Gasteiger partial charge in [0.15, 0.2) is 0 Å². The number of likely N-dealkylation sites (tertiary alicyclic amines) is 1. The van der Waals surface area contributed by atoms with Crippen LogP contribution in [0.1, 0.15) is 24.4 Å². The number of aryl methyl sites for hydroxylation is 1. The van der Waals surface area contributed by atoms with Crippen molar-refractivity contribution in [3.8, 4) is 0 Å². The number of morpholine rings is 1. The summed E-state index contributed by atoms with van der Waals surface area (Å²) < 4.78 is 5.36. The van der Waals surface area contributed by atoms with Gasteiger partial charge >= 0.3 is 0 Å². The maximum atomic E-state index is 12.8. The van der Waals surface area contributed by atoms with Crippen LogP contribution < -0.4 is 0 Å². The minimum atomic E-state index is -0.126. The van der Waals surface area contributed by atoms with E-state index in [2.05, 4.69) is 14.9 Å². The molecule has 144 valence electrons. The zero-order valence-corrected chi connectivity index (χ0v) is 15.7. The molecular formula is C18H29N5O3. The van der Waals surface area contributed by atoms with E-state index in [0.29, 0.717) is 32.5 Å². The van der Waals surface area contributed by atoms with E-state index < -0.39 is 0 Å². The molecule has 8 heteroatoms. The predicted octanol–water partition coefficient (Wildman–Crippen LogP) is 0.247. The molecule has 0 saturated carbocycles. The topological polar surface area (TPSA) is 81.8 Å². The SMILES string of the molecule is Cc1cnc(CN(C)C(=O)C2CCC(=O)N(CCN3CCOCC3)C2)[nH]1. The molecule has 1 aromatic heterocycles. The Hall–Kier alpha value is -1.93. The van der Waals surface area contributed by atoms with Crippen LogP contribution in [0.15, 0.2) is 6.20 Å². The number of nitrogens with one attached hydrogen (secondary N) is 1. The molecule has 1 N–H and O–H groups in total. The highest BCUT2D eigenvalue weighted by Crippen LogP contribution is 2.20. The van der Waals surface area contributed by atoms with E-state index in [1.807, 2.05) is 11.8 Å². The average molecular weight is 363 g/mol. The monoisotopic (exact) mass is 363 g/mol. The summed E-state index contributed by atoms with van der Waals surface area (Å²) in [5.74, 6) is 0.905. The fourth-order valence-electron chi connectivity index (χ4n) is 3.58. The summed E-state index contributed by atoms with van der Waals surface area (Å²) >= 11 is 0. The Bertz CT molecular complexity index is 626. The van der Waals surface area contributed by atoms with Crippen LogP contribution in [0.25, 0.3) is 0 Å². The molecule has 0 bridgehead atoms. The molecule has 0 spiro atoms. The van der Waals surface area contributed by atoms with Crippen molar-refractivity contribution in [2.45, 2.75) is 26.3 Å². The highest BCUT2D eigenvalue weighted by atomic mass is 16.5. The molecule has 0 aromatic carbocycles. The van der Waals surface area contributed by atoms with Gasteiger partial charge in [0.1, 0.15) is 5.82 Å². The van der Waals surface area contributed by atoms with Crippen LogP contribution >= 0.6 is 0 Å². The molecule has 2 saturated heterocycles. The Balaban J connectivity index is 1.50. The minimum Gasteiger partial charge on any atom is -0.379 e. The smallest absolute Gasteiger partial charge is 0.227 e. The van der Waals surface area contributed by atoms with Crippen molar-refractivity contribution in [2.24, 2.45) is 5.92 Å². The van der Waals surface area contributed by atoms with Crippen LogP contribution in [0, 0.1) is 12.8 Å². The summed E-state index contributed by atoms with van der Waals surface area (Å²) in [7, 11) is 1.80. The van der Waals surface area contributed by atoms with E-state index in [0.717, 1.165) is 44.4 Å². The molecule has 26 heavy (non-hydrogen) atoms. The van der Waals surface area contributed by atoms with Crippen LogP contribution in [0.3, 0.4) is 0 Å². The second-order valence-electron chi connectivity index (χ2n) is 7.24. The summed E-state index contributed by atoms with van der Waals surface area (Å²) in [6.45, 7) is 7.79. The zero-order valence-electron chi connectivity index (χ0n) is 15.7. The highest BCUT2D eigenvalue weighted by Gasteiger charge is 2.32. The van der Waals surface area contributed by atoms with E-state index in [4.69, 9.17) is 4.74 Å². The van der Waals surface area contributed by atoms with E-state index >= 15 is 0 Å². The first-order valence-corrected chi connectivity index (χ1v) is 9.36. The van der Waals surface area contributed by atoms with Crippen molar-refractivity contribution in [3.63, 3.8) is 0 Å². The third-order valence-corrected chi connectivity index (χ3v) is 5.16. The van der Waals surface area contributed by atoms with Crippen LogP contribution in [0.5, 0.6) is 0 Å². The van der Waals surface area contributed by atoms with E-state index in [-0.39, 0.29) is 17.7 Å². The Morgan fingerprint density at radius 1 is 1.38 bits per heavy atom. The summed E-state index contributed by atoms with van der Waals surface area (Å²) in [6.07, 6.45) is 2.85. The number of nitrogens with zero attached hydrogens (tertiary/aromatic N) is 4. The third-order valence-electron chi connectivity index (χ3n) is 5.16. The van der Waals surface area contributed by atoms with Crippen LogP contribution in [-0.4, -0.2) is 89.5 Å². The number of hydrogen-bond donors (Lipinski definition) is 1. The number of aromatic nitrogens is 2. The Morgan fingerprint density at radius 2 is 2.15 bits per heavy atom. The van der Waals surface area contributed by atoms with Crippen LogP contribution in [0.4, 0.5) is 0 Å². The van der Waals surface area contributed by atoms with Gasteiger partial charge in [0, 0.05) is 58.1 Å². The lowest BCUT2D eigenvalue weighted by Crippen LogP contribution is -2.49. The summed E-state index contributed by atoms with van der Waals surface area (Å²) in [4.78, 5) is 38.3. The molecule has 2 aliphatic heterocycles. The molecule has 0 aliphatic carbocycles. The fourth-order valence-corrected chi connectivity index (χ4v) is 3.58.